The molecule has 2 saturated heterocycles. The average Bonchev–Trinajstić information content (AvgIpc) is 3.68. The van der Waals surface area contributed by atoms with E-state index in [0.29, 0.717) is 17.2 Å². The summed E-state index contributed by atoms with van der Waals surface area (Å²) < 4.78 is 1.71. The lowest BCUT2D eigenvalue weighted by atomic mass is 10.0. The van der Waals surface area contributed by atoms with Crippen molar-refractivity contribution in [1.82, 2.24) is 34.8 Å². The number of piperazine rings is 1. The Morgan fingerprint density at radius 3 is 2.50 bits per heavy atom. The summed E-state index contributed by atoms with van der Waals surface area (Å²) in [5.41, 5.74) is 12.7. The van der Waals surface area contributed by atoms with Gasteiger partial charge < -0.3 is 26.2 Å². The van der Waals surface area contributed by atoms with Gasteiger partial charge in [-0.25, -0.2) is 4.98 Å². The van der Waals surface area contributed by atoms with Crippen molar-refractivity contribution >= 4 is 34.7 Å². The SMILES string of the molecule is CN1CCN(Cc2ccc(-c3cccc(NC(=S)N4CC[C@@H](NC(=O)c5cc(-c6cnn(C)c6)cnc5N)C4)c3)cc2)CC1. The molecule has 0 unspecified atom stereocenters. The van der Waals surface area contributed by atoms with Gasteiger partial charge in [-0.3, -0.25) is 14.4 Å². The quantitative estimate of drug-likeness (QED) is 0.271. The number of likely N-dealkylation sites (tertiary alicyclic amines) is 1. The highest BCUT2D eigenvalue weighted by molar-refractivity contribution is 7.80. The number of nitrogens with one attached hydrogen (secondary N) is 2. The molecule has 44 heavy (non-hydrogen) atoms. The summed E-state index contributed by atoms with van der Waals surface area (Å²) in [5.74, 6) is -0.0412. The van der Waals surface area contributed by atoms with Crippen LogP contribution in [0.1, 0.15) is 22.3 Å². The van der Waals surface area contributed by atoms with Crippen LogP contribution in [0.2, 0.25) is 0 Å². The van der Waals surface area contributed by atoms with Gasteiger partial charge in [0.1, 0.15) is 5.82 Å². The Morgan fingerprint density at radius 2 is 1.75 bits per heavy atom. The van der Waals surface area contributed by atoms with Crippen molar-refractivity contribution in [3.05, 3.63) is 84.3 Å². The van der Waals surface area contributed by atoms with Gasteiger partial charge in [0, 0.05) is 88.1 Å². The molecule has 10 nitrogen and oxygen atoms in total. The molecule has 2 aromatic carbocycles. The van der Waals surface area contributed by atoms with E-state index in [1.165, 1.54) is 11.1 Å². The topological polar surface area (TPSA) is 108 Å². The molecule has 0 radical (unpaired) electrons. The Hall–Kier alpha value is -4.32. The van der Waals surface area contributed by atoms with Gasteiger partial charge >= 0.3 is 0 Å². The number of hydrogen-bond donors (Lipinski definition) is 3. The van der Waals surface area contributed by atoms with E-state index >= 15 is 0 Å². The number of nitrogen functional groups attached to an aromatic ring is 1. The van der Waals surface area contributed by atoms with Crippen LogP contribution in [0.25, 0.3) is 22.3 Å². The molecular weight excluding hydrogens is 570 g/mol. The number of amides is 1. The molecule has 4 N–H and O–H groups in total. The highest BCUT2D eigenvalue weighted by Gasteiger charge is 2.27. The van der Waals surface area contributed by atoms with Gasteiger partial charge in [0.15, 0.2) is 5.11 Å². The number of aryl methyl sites for hydroxylation is 1. The number of nitrogens with two attached hydrogens (primary N) is 1. The second-order valence-electron chi connectivity index (χ2n) is 11.8. The lowest BCUT2D eigenvalue weighted by Gasteiger charge is -2.32. The van der Waals surface area contributed by atoms with Crippen LogP contribution in [-0.4, -0.2) is 92.8 Å². The van der Waals surface area contributed by atoms with Gasteiger partial charge in [0.2, 0.25) is 0 Å². The van der Waals surface area contributed by atoms with Crippen LogP contribution >= 0.6 is 12.2 Å². The highest BCUT2D eigenvalue weighted by Crippen LogP contribution is 2.25. The van der Waals surface area contributed by atoms with E-state index in [0.717, 1.165) is 68.1 Å². The first-order chi connectivity index (χ1) is 21.3. The van der Waals surface area contributed by atoms with E-state index in [9.17, 15) is 4.79 Å². The second kappa shape index (κ2) is 13.1. The molecular formula is C33H39N9OS. The number of aromatic nitrogens is 3. The number of thiocarbonyl (C=S) groups is 1. The first kappa shape index (κ1) is 29.7. The summed E-state index contributed by atoms with van der Waals surface area (Å²) >= 11 is 5.77. The molecule has 0 saturated carbocycles. The molecule has 2 aliphatic heterocycles. The summed E-state index contributed by atoms with van der Waals surface area (Å²) in [6.45, 7) is 6.83. The van der Waals surface area contributed by atoms with Gasteiger partial charge in [-0.15, -0.1) is 0 Å². The molecule has 4 heterocycles. The molecule has 1 amide bonds. The number of carbonyl (C=O) groups excluding carboxylic acids is 1. The molecule has 0 aliphatic carbocycles. The van der Waals surface area contributed by atoms with Crippen molar-refractivity contribution in [2.75, 3.05) is 57.4 Å². The number of rotatable bonds is 7. The van der Waals surface area contributed by atoms with Crippen molar-refractivity contribution in [1.29, 1.82) is 0 Å². The Labute approximate surface area is 263 Å². The number of hydrogen-bond acceptors (Lipinski definition) is 7. The molecule has 0 bridgehead atoms. The van der Waals surface area contributed by atoms with Crippen molar-refractivity contribution in [3.63, 3.8) is 0 Å². The van der Waals surface area contributed by atoms with Crippen LogP contribution in [0.5, 0.6) is 0 Å². The fraction of sp³-hybridized carbons (Fsp3) is 0.333. The molecule has 4 aromatic rings. The van der Waals surface area contributed by atoms with Crippen molar-refractivity contribution < 1.29 is 4.79 Å². The number of likely N-dealkylation sites (N-methyl/N-ethyl adjacent to an activating group) is 1. The minimum atomic E-state index is -0.242. The fourth-order valence-electron chi connectivity index (χ4n) is 5.76. The van der Waals surface area contributed by atoms with Crippen LogP contribution in [0.15, 0.2) is 73.2 Å². The molecule has 2 aliphatic rings. The molecule has 11 heteroatoms. The van der Waals surface area contributed by atoms with Gasteiger partial charge in [-0.1, -0.05) is 36.4 Å². The third kappa shape index (κ3) is 7.07. The molecule has 228 valence electrons. The average molecular weight is 610 g/mol. The zero-order valence-corrected chi connectivity index (χ0v) is 26.1. The van der Waals surface area contributed by atoms with Gasteiger partial charge in [0.25, 0.3) is 5.91 Å². The minimum Gasteiger partial charge on any atom is -0.383 e. The number of carbonyl (C=O) groups is 1. The molecule has 2 aromatic heterocycles. The first-order valence-corrected chi connectivity index (χ1v) is 15.4. The predicted molar refractivity (Wildman–Crippen MR) is 179 cm³/mol. The zero-order chi connectivity index (χ0) is 30.6. The summed E-state index contributed by atoms with van der Waals surface area (Å²) in [7, 11) is 4.03. The van der Waals surface area contributed by atoms with E-state index in [1.54, 1.807) is 23.1 Å². The minimum absolute atomic E-state index is 0.0561. The van der Waals surface area contributed by atoms with Crippen LogP contribution in [-0.2, 0) is 13.6 Å². The van der Waals surface area contributed by atoms with Crippen molar-refractivity contribution in [3.8, 4) is 22.3 Å². The van der Waals surface area contributed by atoms with Crippen LogP contribution < -0.4 is 16.4 Å². The van der Waals surface area contributed by atoms with Crippen LogP contribution in [0, 0.1) is 0 Å². The maximum absolute atomic E-state index is 13.2. The Balaban J connectivity index is 1.03. The smallest absolute Gasteiger partial charge is 0.255 e. The third-order valence-electron chi connectivity index (χ3n) is 8.42. The normalized spacial score (nSPS) is 17.5. The lowest BCUT2D eigenvalue weighted by molar-refractivity contribution is 0.0939. The Bertz CT molecular complexity index is 1630. The van der Waals surface area contributed by atoms with Gasteiger partial charge in [-0.05, 0) is 60.6 Å². The Morgan fingerprint density at radius 1 is 0.955 bits per heavy atom. The molecule has 2 fully saturated rings. The molecule has 1 atom stereocenters. The van der Waals surface area contributed by atoms with E-state index in [2.05, 4.69) is 78.9 Å². The van der Waals surface area contributed by atoms with Crippen LogP contribution in [0.3, 0.4) is 0 Å². The number of anilines is 2. The lowest BCUT2D eigenvalue weighted by Crippen LogP contribution is -2.43. The second-order valence-corrected chi connectivity index (χ2v) is 12.1. The number of benzene rings is 2. The van der Waals surface area contributed by atoms with E-state index in [1.807, 2.05) is 25.4 Å². The van der Waals surface area contributed by atoms with Crippen molar-refractivity contribution in [2.45, 2.75) is 19.0 Å². The predicted octanol–water partition coefficient (Wildman–Crippen LogP) is 3.68. The van der Waals surface area contributed by atoms with Crippen LogP contribution in [0.4, 0.5) is 11.5 Å². The zero-order valence-electron chi connectivity index (χ0n) is 25.2. The maximum atomic E-state index is 13.2. The summed E-state index contributed by atoms with van der Waals surface area (Å²) in [6, 6.07) is 18.9. The monoisotopic (exact) mass is 609 g/mol. The van der Waals surface area contributed by atoms with E-state index in [-0.39, 0.29) is 17.8 Å². The molecule has 6 rings (SSSR count). The van der Waals surface area contributed by atoms with E-state index in [4.69, 9.17) is 18.0 Å². The summed E-state index contributed by atoms with van der Waals surface area (Å²) in [6.07, 6.45) is 6.05. The summed E-state index contributed by atoms with van der Waals surface area (Å²) in [4.78, 5) is 24.4. The highest BCUT2D eigenvalue weighted by atomic mass is 32.1. The molecule has 0 spiro atoms. The van der Waals surface area contributed by atoms with Gasteiger partial charge in [-0.2, -0.15) is 5.10 Å². The fourth-order valence-corrected chi connectivity index (χ4v) is 6.04. The van der Waals surface area contributed by atoms with Crippen molar-refractivity contribution in [2.24, 2.45) is 7.05 Å². The largest absolute Gasteiger partial charge is 0.383 e. The maximum Gasteiger partial charge on any atom is 0.255 e. The first-order valence-electron chi connectivity index (χ1n) is 15.0. The number of pyridine rings is 1. The van der Waals surface area contributed by atoms with Gasteiger partial charge in [0.05, 0.1) is 11.8 Å². The Kier molecular flexibility index (Phi) is 8.87. The summed E-state index contributed by atoms with van der Waals surface area (Å²) in [5, 5.41) is 11.4. The standard InChI is InChI=1S/C33H39N9OS/c1-39-12-14-41(15-13-39)20-23-6-8-24(9-7-23)25-4-3-5-28(16-25)38-33(44)42-11-10-29(22-42)37-32(43)30-17-26(18-35-31(30)34)27-19-36-40(2)21-27/h3-9,16-19,21,29H,10-15,20,22H2,1-2H3,(H2,34,35)(H,37,43)(H,38,44)/t29-/m1/s1. The third-order valence-corrected chi connectivity index (χ3v) is 8.78. The number of nitrogens with zero attached hydrogens (tertiary/aromatic N) is 6. The van der Waals surface area contributed by atoms with E-state index < -0.39 is 0 Å².